The number of carbonyl (C=O) groups excluding carboxylic acids is 1. The normalized spacial score (nSPS) is 27.6. The molecule has 1 aliphatic carbocycles. The first-order valence-corrected chi connectivity index (χ1v) is 8.57. The Morgan fingerprint density at radius 3 is 3.09 bits per heavy atom. The number of nitrogens with one attached hydrogen (secondary N) is 1. The average Bonchev–Trinajstić information content (AvgIpc) is 2.54. The summed E-state index contributed by atoms with van der Waals surface area (Å²) in [4.78, 5) is 14.7. The van der Waals surface area contributed by atoms with E-state index in [1.165, 1.54) is 29.5 Å². The Balaban J connectivity index is 1.72. The molecule has 1 aromatic rings. The number of benzene rings is 1. The van der Waals surface area contributed by atoms with E-state index >= 15 is 0 Å². The molecule has 4 heteroatoms. The van der Waals surface area contributed by atoms with Crippen molar-refractivity contribution in [3.63, 3.8) is 0 Å². The molecule has 118 valence electrons. The van der Waals surface area contributed by atoms with Crippen molar-refractivity contribution < 1.29 is 9.53 Å². The summed E-state index contributed by atoms with van der Waals surface area (Å²) >= 11 is 0. The Kier molecular flexibility index (Phi) is 3.66. The van der Waals surface area contributed by atoms with E-state index in [0.29, 0.717) is 6.04 Å². The standard InChI is InChI=1S/C18H24N2O2/c1-2-7-20-8-9-22-17-14-11-15-13(5-6-19-18(15)21)10-12(14)3-4-16(17)20/h10-11,16-17H,2-9H2,1H3,(H,19,21). The van der Waals surface area contributed by atoms with Crippen LogP contribution in [-0.4, -0.2) is 43.1 Å². The molecular weight excluding hydrogens is 276 g/mol. The van der Waals surface area contributed by atoms with Crippen molar-refractivity contribution in [1.29, 1.82) is 0 Å². The van der Waals surface area contributed by atoms with Crippen LogP contribution in [0.5, 0.6) is 0 Å². The van der Waals surface area contributed by atoms with Crippen molar-refractivity contribution >= 4 is 5.91 Å². The second-order valence-electron chi connectivity index (χ2n) is 6.65. The molecule has 2 aliphatic heterocycles. The van der Waals surface area contributed by atoms with E-state index in [0.717, 1.165) is 44.6 Å². The lowest BCUT2D eigenvalue weighted by molar-refractivity contribution is -0.0801. The van der Waals surface area contributed by atoms with Gasteiger partial charge in [-0.2, -0.15) is 0 Å². The monoisotopic (exact) mass is 300 g/mol. The third-order valence-electron chi connectivity index (χ3n) is 5.31. The molecule has 2 heterocycles. The van der Waals surface area contributed by atoms with Crippen molar-refractivity contribution in [3.05, 3.63) is 34.4 Å². The number of morpholine rings is 1. The van der Waals surface area contributed by atoms with E-state index in [-0.39, 0.29) is 12.0 Å². The van der Waals surface area contributed by atoms with Crippen LogP contribution < -0.4 is 5.32 Å². The predicted octanol–water partition coefficient (Wildman–Crippen LogP) is 2.07. The van der Waals surface area contributed by atoms with Gasteiger partial charge in [-0.05, 0) is 55.0 Å². The zero-order chi connectivity index (χ0) is 15.1. The highest BCUT2D eigenvalue weighted by atomic mass is 16.5. The zero-order valence-electron chi connectivity index (χ0n) is 13.2. The molecule has 3 aliphatic rings. The Hall–Kier alpha value is -1.39. The summed E-state index contributed by atoms with van der Waals surface area (Å²) in [6, 6.07) is 4.86. The Bertz CT molecular complexity index is 597. The van der Waals surface area contributed by atoms with Gasteiger partial charge in [0, 0.05) is 24.7 Å². The maximum Gasteiger partial charge on any atom is 0.251 e. The van der Waals surface area contributed by atoms with Crippen molar-refractivity contribution in [1.82, 2.24) is 10.2 Å². The van der Waals surface area contributed by atoms with Crippen LogP contribution in [0.3, 0.4) is 0 Å². The van der Waals surface area contributed by atoms with E-state index in [1.807, 2.05) is 0 Å². The number of ether oxygens (including phenoxy) is 1. The van der Waals surface area contributed by atoms with Crippen LogP contribution in [0, 0.1) is 0 Å². The van der Waals surface area contributed by atoms with Crippen LogP contribution in [0.25, 0.3) is 0 Å². The number of hydrogen-bond donors (Lipinski definition) is 1. The maximum absolute atomic E-state index is 12.1. The fourth-order valence-electron chi connectivity index (χ4n) is 4.28. The van der Waals surface area contributed by atoms with Gasteiger partial charge in [0.05, 0.1) is 12.7 Å². The first-order valence-electron chi connectivity index (χ1n) is 8.57. The van der Waals surface area contributed by atoms with Gasteiger partial charge >= 0.3 is 0 Å². The van der Waals surface area contributed by atoms with E-state index in [9.17, 15) is 4.79 Å². The van der Waals surface area contributed by atoms with Crippen molar-refractivity contribution in [2.45, 2.75) is 44.8 Å². The van der Waals surface area contributed by atoms with Crippen LogP contribution in [0.1, 0.15) is 52.9 Å². The molecule has 4 rings (SSSR count). The summed E-state index contributed by atoms with van der Waals surface area (Å²) in [5.74, 6) is 0.0763. The van der Waals surface area contributed by atoms with Crippen molar-refractivity contribution in [3.8, 4) is 0 Å². The minimum Gasteiger partial charge on any atom is -0.371 e. The molecule has 1 fully saturated rings. The molecule has 2 atom stereocenters. The second-order valence-corrected chi connectivity index (χ2v) is 6.65. The molecule has 2 unspecified atom stereocenters. The summed E-state index contributed by atoms with van der Waals surface area (Å²) in [5.41, 5.74) is 4.73. The van der Waals surface area contributed by atoms with Gasteiger partial charge in [-0.15, -0.1) is 0 Å². The molecule has 0 radical (unpaired) electrons. The molecule has 1 saturated heterocycles. The molecule has 0 spiro atoms. The number of nitrogens with zero attached hydrogens (tertiary/aromatic N) is 1. The third-order valence-corrected chi connectivity index (χ3v) is 5.31. The lowest BCUT2D eigenvalue weighted by Crippen LogP contribution is -2.49. The van der Waals surface area contributed by atoms with Gasteiger partial charge in [0.25, 0.3) is 5.91 Å². The topological polar surface area (TPSA) is 41.6 Å². The molecule has 0 aromatic heterocycles. The molecule has 22 heavy (non-hydrogen) atoms. The summed E-state index contributed by atoms with van der Waals surface area (Å²) in [5, 5.41) is 2.96. The fourth-order valence-corrected chi connectivity index (χ4v) is 4.28. The summed E-state index contributed by atoms with van der Waals surface area (Å²) in [7, 11) is 0. The van der Waals surface area contributed by atoms with Gasteiger partial charge in [-0.1, -0.05) is 13.0 Å². The van der Waals surface area contributed by atoms with Gasteiger partial charge < -0.3 is 10.1 Å². The van der Waals surface area contributed by atoms with E-state index < -0.39 is 0 Å². The second kappa shape index (κ2) is 5.67. The SMILES string of the molecule is CCCN1CCOC2c3cc4c(cc3CCC21)CCNC4=O. The van der Waals surface area contributed by atoms with Crippen LogP contribution in [0.2, 0.25) is 0 Å². The molecule has 1 N–H and O–H groups in total. The fraction of sp³-hybridized carbons (Fsp3) is 0.611. The minimum absolute atomic E-state index is 0.0763. The Labute approximate surface area is 131 Å². The van der Waals surface area contributed by atoms with E-state index in [1.54, 1.807) is 0 Å². The van der Waals surface area contributed by atoms with E-state index in [2.05, 4.69) is 29.3 Å². The minimum atomic E-state index is 0.0763. The van der Waals surface area contributed by atoms with Crippen molar-refractivity contribution in [2.75, 3.05) is 26.2 Å². The molecule has 4 nitrogen and oxygen atoms in total. The van der Waals surface area contributed by atoms with E-state index in [4.69, 9.17) is 4.74 Å². The molecular formula is C18H24N2O2. The predicted molar refractivity (Wildman–Crippen MR) is 85.1 cm³/mol. The number of hydrogen-bond acceptors (Lipinski definition) is 3. The number of aryl methyl sites for hydroxylation is 1. The number of rotatable bonds is 2. The van der Waals surface area contributed by atoms with Gasteiger partial charge in [-0.25, -0.2) is 0 Å². The molecule has 0 bridgehead atoms. The zero-order valence-corrected chi connectivity index (χ0v) is 13.2. The lowest BCUT2D eigenvalue weighted by Gasteiger charge is -2.45. The van der Waals surface area contributed by atoms with Gasteiger partial charge in [0.2, 0.25) is 0 Å². The van der Waals surface area contributed by atoms with Crippen LogP contribution >= 0.6 is 0 Å². The number of amides is 1. The highest BCUT2D eigenvalue weighted by Gasteiger charge is 2.37. The molecule has 0 saturated carbocycles. The molecule has 1 aromatic carbocycles. The third kappa shape index (κ3) is 2.25. The first-order chi connectivity index (χ1) is 10.8. The largest absolute Gasteiger partial charge is 0.371 e. The Morgan fingerprint density at radius 1 is 1.32 bits per heavy atom. The van der Waals surface area contributed by atoms with Gasteiger partial charge in [0.1, 0.15) is 0 Å². The quantitative estimate of drug-likeness (QED) is 0.909. The smallest absolute Gasteiger partial charge is 0.251 e. The lowest BCUT2D eigenvalue weighted by atomic mass is 9.81. The Morgan fingerprint density at radius 2 is 2.23 bits per heavy atom. The van der Waals surface area contributed by atoms with Crippen molar-refractivity contribution in [2.24, 2.45) is 0 Å². The van der Waals surface area contributed by atoms with Gasteiger partial charge in [0.15, 0.2) is 0 Å². The maximum atomic E-state index is 12.1. The summed E-state index contributed by atoms with van der Waals surface area (Å²) in [6.45, 7) is 5.98. The number of carbonyl (C=O) groups is 1. The van der Waals surface area contributed by atoms with Gasteiger partial charge in [-0.3, -0.25) is 9.69 Å². The van der Waals surface area contributed by atoms with Crippen LogP contribution in [0.15, 0.2) is 12.1 Å². The highest BCUT2D eigenvalue weighted by Crippen LogP contribution is 2.39. The highest BCUT2D eigenvalue weighted by molar-refractivity contribution is 5.97. The van der Waals surface area contributed by atoms with Crippen LogP contribution in [-0.2, 0) is 17.6 Å². The number of fused-ring (bicyclic) bond motifs is 4. The average molecular weight is 300 g/mol. The first kappa shape index (κ1) is 14.2. The summed E-state index contributed by atoms with van der Waals surface area (Å²) < 4.78 is 6.14. The molecule has 1 amide bonds. The van der Waals surface area contributed by atoms with Crippen LogP contribution in [0.4, 0.5) is 0 Å². The summed E-state index contributed by atoms with van der Waals surface area (Å²) in [6.07, 6.45) is 4.55.